The van der Waals surface area contributed by atoms with Crippen LogP contribution in [-0.4, -0.2) is 45.3 Å². The van der Waals surface area contributed by atoms with Crippen LogP contribution in [0.4, 0.5) is 0 Å². The summed E-state index contributed by atoms with van der Waals surface area (Å²) in [5.74, 6) is -0.460. The van der Waals surface area contributed by atoms with Crippen molar-refractivity contribution in [2.45, 2.75) is 18.9 Å². The van der Waals surface area contributed by atoms with Gasteiger partial charge in [-0.2, -0.15) is 0 Å². The van der Waals surface area contributed by atoms with E-state index in [1.807, 2.05) is 42.5 Å². The van der Waals surface area contributed by atoms with Gasteiger partial charge >= 0.3 is 0 Å². The lowest BCUT2D eigenvalue weighted by molar-refractivity contribution is -0.124. The minimum atomic E-state index is -0.381. The number of aliphatic hydroxyl groups is 1. The molecule has 1 aliphatic rings. The molecule has 8 heteroatoms. The molecule has 1 heterocycles. The number of thioether (sulfide) groups is 1. The van der Waals surface area contributed by atoms with Gasteiger partial charge in [0.1, 0.15) is 4.32 Å². The number of nitrogens with one attached hydrogen (secondary N) is 1. The van der Waals surface area contributed by atoms with Gasteiger partial charge in [-0.3, -0.25) is 14.5 Å². The van der Waals surface area contributed by atoms with Crippen LogP contribution in [0.3, 0.4) is 0 Å². The van der Waals surface area contributed by atoms with Crippen molar-refractivity contribution in [3.05, 3.63) is 75.7 Å². The molecule has 3 rings (SSSR count). The van der Waals surface area contributed by atoms with E-state index in [0.29, 0.717) is 20.7 Å². The van der Waals surface area contributed by atoms with E-state index in [0.717, 1.165) is 11.1 Å². The number of benzene rings is 2. The zero-order valence-electron chi connectivity index (χ0n) is 16.1. The van der Waals surface area contributed by atoms with Crippen molar-refractivity contribution < 1.29 is 14.7 Å². The molecule has 0 aliphatic carbocycles. The molecule has 0 unspecified atom stereocenters. The third kappa shape index (κ3) is 6.15. The quantitative estimate of drug-likeness (QED) is 0.465. The van der Waals surface area contributed by atoms with Crippen LogP contribution >= 0.6 is 35.6 Å². The molecule has 0 saturated carbocycles. The van der Waals surface area contributed by atoms with Crippen LogP contribution in [0.1, 0.15) is 17.5 Å². The second-order valence-electron chi connectivity index (χ2n) is 6.78. The molecule has 2 aromatic carbocycles. The fourth-order valence-corrected chi connectivity index (χ4v) is 4.52. The molecule has 30 heavy (non-hydrogen) atoms. The van der Waals surface area contributed by atoms with Crippen molar-refractivity contribution in [2.24, 2.45) is 0 Å². The smallest absolute Gasteiger partial charge is 0.266 e. The lowest BCUT2D eigenvalue weighted by Gasteiger charge is -2.18. The first-order valence-electron chi connectivity index (χ1n) is 9.41. The number of nitrogens with zero attached hydrogens (tertiary/aromatic N) is 1. The number of hydrogen-bond donors (Lipinski definition) is 2. The van der Waals surface area contributed by atoms with E-state index in [2.05, 4.69) is 5.32 Å². The first-order valence-corrected chi connectivity index (χ1v) is 11.0. The number of halogens is 1. The van der Waals surface area contributed by atoms with Gasteiger partial charge in [0.2, 0.25) is 5.91 Å². The van der Waals surface area contributed by atoms with Crippen molar-refractivity contribution in [1.82, 2.24) is 10.2 Å². The molecule has 0 aromatic heterocycles. The SMILES string of the molecule is O=C(CCN1C(=O)/C(=C/c2cccc(Cl)c2)SC1=S)N[C@H](CO)Cc1ccccc1. The Balaban J connectivity index is 1.55. The van der Waals surface area contributed by atoms with E-state index in [4.69, 9.17) is 23.8 Å². The highest BCUT2D eigenvalue weighted by Gasteiger charge is 2.32. The highest BCUT2D eigenvalue weighted by atomic mass is 35.5. The summed E-state index contributed by atoms with van der Waals surface area (Å²) in [6.07, 6.45) is 2.38. The highest BCUT2D eigenvalue weighted by molar-refractivity contribution is 8.26. The number of carbonyl (C=O) groups excluding carboxylic acids is 2. The molecule has 2 aromatic rings. The maximum Gasteiger partial charge on any atom is 0.266 e. The Labute approximate surface area is 190 Å². The molecule has 0 bridgehead atoms. The molecule has 2 amide bonds. The maximum atomic E-state index is 12.7. The van der Waals surface area contributed by atoms with Gasteiger partial charge in [-0.15, -0.1) is 0 Å². The summed E-state index contributed by atoms with van der Waals surface area (Å²) in [7, 11) is 0. The van der Waals surface area contributed by atoms with Crippen LogP contribution in [-0.2, 0) is 16.0 Å². The predicted molar refractivity (Wildman–Crippen MR) is 125 cm³/mol. The summed E-state index contributed by atoms with van der Waals surface area (Å²) in [6.45, 7) is 0.0247. The highest BCUT2D eigenvalue weighted by Crippen LogP contribution is 2.32. The molecule has 0 radical (unpaired) electrons. The van der Waals surface area contributed by atoms with Gasteiger partial charge < -0.3 is 10.4 Å². The molecular formula is C22H21ClN2O3S2. The first-order chi connectivity index (χ1) is 14.5. The Morgan fingerprint density at radius 3 is 2.70 bits per heavy atom. The average molecular weight is 461 g/mol. The number of aliphatic hydroxyl groups excluding tert-OH is 1. The Kier molecular flexibility index (Phi) is 8.04. The third-order valence-electron chi connectivity index (χ3n) is 4.49. The van der Waals surface area contributed by atoms with Crippen LogP contribution in [0.15, 0.2) is 59.5 Å². The number of hydrogen-bond acceptors (Lipinski definition) is 5. The second kappa shape index (κ2) is 10.7. The number of carbonyl (C=O) groups is 2. The van der Waals surface area contributed by atoms with Gasteiger partial charge in [0.25, 0.3) is 5.91 Å². The molecule has 1 atom stereocenters. The standard InChI is InChI=1S/C22H21ClN2O3S2/c23-17-8-4-7-16(11-17)13-19-21(28)25(22(29)30-19)10-9-20(27)24-18(14-26)12-15-5-2-1-3-6-15/h1-8,11,13,18,26H,9-10,12,14H2,(H,24,27)/b19-13-/t18-/m0/s1. The lowest BCUT2D eigenvalue weighted by Crippen LogP contribution is -2.41. The zero-order valence-corrected chi connectivity index (χ0v) is 18.5. The normalized spacial score (nSPS) is 16.2. The summed E-state index contributed by atoms with van der Waals surface area (Å²) in [5.41, 5.74) is 1.84. The summed E-state index contributed by atoms with van der Waals surface area (Å²) in [5, 5.41) is 13.0. The van der Waals surface area contributed by atoms with E-state index in [1.165, 1.54) is 16.7 Å². The molecule has 1 fully saturated rings. The Bertz CT molecular complexity index is 966. The third-order valence-corrected chi connectivity index (χ3v) is 6.11. The van der Waals surface area contributed by atoms with Crippen molar-refractivity contribution in [3.8, 4) is 0 Å². The summed E-state index contributed by atoms with van der Waals surface area (Å²) < 4.78 is 0.420. The molecule has 5 nitrogen and oxygen atoms in total. The number of rotatable bonds is 8. The first kappa shape index (κ1) is 22.5. The number of amides is 2. The van der Waals surface area contributed by atoms with Gasteiger partial charge in [0.15, 0.2) is 0 Å². The molecule has 0 spiro atoms. The van der Waals surface area contributed by atoms with E-state index in [9.17, 15) is 14.7 Å². The Morgan fingerprint density at radius 2 is 2.00 bits per heavy atom. The minimum absolute atomic E-state index is 0.0994. The van der Waals surface area contributed by atoms with Gasteiger partial charge in [0.05, 0.1) is 17.6 Å². The molecule has 156 valence electrons. The summed E-state index contributed by atoms with van der Waals surface area (Å²) in [6, 6.07) is 16.5. The van der Waals surface area contributed by atoms with Crippen LogP contribution in [0.2, 0.25) is 5.02 Å². The summed E-state index contributed by atoms with van der Waals surface area (Å²) >= 11 is 12.5. The maximum absolute atomic E-state index is 12.7. The Morgan fingerprint density at radius 1 is 1.23 bits per heavy atom. The van der Waals surface area contributed by atoms with Crippen LogP contribution in [0, 0.1) is 0 Å². The molecule has 2 N–H and O–H groups in total. The van der Waals surface area contributed by atoms with Crippen molar-refractivity contribution in [2.75, 3.05) is 13.2 Å². The summed E-state index contributed by atoms with van der Waals surface area (Å²) in [4.78, 5) is 27.0. The fraction of sp³-hybridized carbons (Fsp3) is 0.227. The van der Waals surface area contributed by atoms with Crippen molar-refractivity contribution in [1.29, 1.82) is 0 Å². The van der Waals surface area contributed by atoms with Gasteiger partial charge in [-0.1, -0.05) is 78.0 Å². The fourth-order valence-electron chi connectivity index (χ4n) is 3.01. The largest absolute Gasteiger partial charge is 0.394 e. The van der Waals surface area contributed by atoms with E-state index < -0.39 is 0 Å². The zero-order chi connectivity index (χ0) is 21.5. The lowest BCUT2D eigenvalue weighted by atomic mass is 10.1. The topological polar surface area (TPSA) is 69.6 Å². The average Bonchev–Trinajstić information content (AvgIpc) is 2.99. The monoisotopic (exact) mass is 460 g/mol. The van der Waals surface area contributed by atoms with Gasteiger partial charge in [-0.25, -0.2) is 0 Å². The number of thiocarbonyl (C=S) groups is 1. The van der Waals surface area contributed by atoms with Gasteiger partial charge in [-0.05, 0) is 35.8 Å². The van der Waals surface area contributed by atoms with E-state index in [-0.39, 0.29) is 37.4 Å². The van der Waals surface area contributed by atoms with Gasteiger partial charge in [0, 0.05) is 18.0 Å². The van der Waals surface area contributed by atoms with Crippen LogP contribution in [0.5, 0.6) is 0 Å². The van der Waals surface area contributed by atoms with Crippen molar-refractivity contribution in [3.63, 3.8) is 0 Å². The van der Waals surface area contributed by atoms with Crippen molar-refractivity contribution >= 4 is 57.8 Å². The van der Waals surface area contributed by atoms with E-state index in [1.54, 1.807) is 18.2 Å². The van der Waals surface area contributed by atoms with Crippen LogP contribution < -0.4 is 5.32 Å². The second-order valence-corrected chi connectivity index (χ2v) is 8.89. The molecule has 1 aliphatic heterocycles. The molecule has 1 saturated heterocycles. The Hall–Kier alpha value is -2.19. The van der Waals surface area contributed by atoms with Crippen LogP contribution in [0.25, 0.3) is 6.08 Å². The molecular weight excluding hydrogens is 440 g/mol. The minimum Gasteiger partial charge on any atom is -0.394 e. The predicted octanol–water partition coefficient (Wildman–Crippen LogP) is 3.65. The van der Waals surface area contributed by atoms with E-state index >= 15 is 0 Å².